The van der Waals surface area contributed by atoms with Crippen LogP contribution in [0.1, 0.15) is 63.2 Å². The zero-order valence-corrected chi connectivity index (χ0v) is 17.9. The summed E-state index contributed by atoms with van der Waals surface area (Å²) in [5, 5.41) is 11.6. The second kappa shape index (κ2) is 8.78. The van der Waals surface area contributed by atoms with Crippen LogP contribution in [0.4, 0.5) is 4.79 Å². The highest BCUT2D eigenvalue weighted by Gasteiger charge is 2.27. The van der Waals surface area contributed by atoms with Crippen molar-refractivity contribution in [2.75, 3.05) is 0 Å². The number of aromatic nitrogens is 2. The van der Waals surface area contributed by atoms with Crippen molar-refractivity contribution in [3.63, 3.8) is 0 Å². The number of hydrogen-bond donors (Lipinski definition) is 1. The van der Waals surface area contributed by atoms with Crippen molar-refractivity contribution in [2.45, 2.75) is 71.1 Å². The molecule has 27 heavy (non-hydrogen) atoms. The third-order valence-corrected chi connectivity index (χ3v) is 4.75. The number of thioether (sulfide) groups is 1. The number of ether oxygens (including phenoxy) is 1. The Morgan fingerprint density at radius 3 is 2.59 bits per heavy atom. The first-order chi connectivity index (χ1) is 12.5. The average Bonchev–Trinajstić information content (AvgIpc) is 3.00. The van der Waals surface area contributed by atoms with Crippen LogP contribution in [0.3, 0.4) is 0 Å². The minimum atomic E-state index is -0.562. The summed E-state index contributed by atoms with van der Waals surface area (Å²) < 4.78 is 11.1. The molecule has 1 N–H and O–H groups in total. The quantitative estimate of drug-likeness (QED) is 0.682. The SMILES string of the molecule is Cc1ccc(C)c(CSc2nnc([C@H](NC(=O)OC(C)(C)C)C(C)C)o2)c1. The molecule has 0 aliphatic heterocycles. The molecule has 0 radical (unpaired) electrons. The van der Waals surface area contributed by atoms with E-state index < -0.39 is 17.7 Å². The number of aryl methyl sites for hydroxylation is 2. The lowest BCUT2D eigenvalue weighted by Crippen LogP contribution is -2.37. The van der Waals surface area contributed by atoms with E-state index in [1.807, 2.05) is 34.6 Å². The number of carbonyl (C=O) groups is 1. The Labute approximate surface area is 165 Å². The molecular formula is C20H29N3O3S. The highest BCUT2D eigenvalue weighted by Crippen LogP contribution is 2.27. The van der Waals surface area contributed by atoms with Gasteiger partial charge >= 0.3 is 6.09 Å². The summed E-state index contributed by atoms with van der Waals surface area (Å²) in [5.41, 5.74) is 3.14. The van der Waals surface area contributed by atoms with Crippen molar-refractivity contribution >= 4 is 17.9 Å². The van der Waals surface area contributed by atoms with Gasteiger partial charge in [-0.2, -0.15) is 0 Å². The van der Waals surface area contributed by atoms with Crippen molar-refractivity contribution in [2.24, 2.45) is 5.92 Å². The first-order valence-electron chi connectivity index (χ1n) is 9.07. The monoisotopic (exact) mass is 391 g/mol. The first kappa shape index (κ1) is 21.3. The van der Waals surface area contributed by atoms with Gasteiger partial charge in [-0.1, -0.05) is 49.4 Å². The number of benzene rings is 1. The third kappa shape index (κ3) is 6.57. The smallest absolute Gasteiger partial charge is 0.408 e. The molecule has 0 unspecified atom stereocenters. The summed E-state index contributed by atoms with van der Waals surface area (Å²) in [6.45, 7) is 13.6. The van der Waals surface area contributed by atoms with E-state index in [2.05, 4.69) is 47.6 Å². The Hall–Kier alpha value is -2.02. The molecule has 1 amide bonds. The predicted octanol–water partition coefficient (Wildman–Crippen LogP) is 5.20. The van der Waals surface area contributed by atoms with Crippen LogP contribution in [-0.2, 0) is 10.5 Å². The van der Waals surface area contributed by atoms with E-state index in [1.54, 1.807) is 0 Å². The molecule has 1 atom stereocenters. The van der Waals surface area contributed by atoms with Crippen LogP contribution in [0.25, 0.3) is 0 Å². The second-order valence-corrected chi connectivity index (χ2v) is 8.92. The number of nitrogens with one attached hydrogen (secondary N) is 1. The van der Waals surface area contributed by atoms with Gasteiger partial charge in [-0.15, -0.1) is 10.2 Å². The van der Waals surface area contributed by atoms with Crippen LogP contribution in [0, 0.1) is 19.8 Å². The van der Waals surface area contributed by atoms with Gasteiger partial charge in [0.05, 0.1) is 0 Å². The van der Waals surface area contributed by atoms with E-state index in [0.29, 0.717) is 11.1 Å². The minimum Gasteiger partial charge on any atom is -0.444 e. The number of rotatable bonds is 6. The van der Waals surface area contributed by atoms with Gasteiger partial charge in [-0.3, -0.25) is 0 Å². The molecule has 2 rings (SSSR count). The lowest BCUT2D eigenvalue weighted by Gasteiger charge is -2.23. The molecule has 0 saturated carbocycles. The molecule has 1 aromatic carbocycles. The van der Waals surface area contributed by atoms with Crippen LogP contribution in [0.2, 0.25) is 0 Å². The normalized spacial score (nSPS) is 12.9. The zero-order valence-electron chi connectivity index (χ0n) is 17.1. The van der Waals surface area contributed by atoms with E-state index in [0.717, 1.165) is 5.75 Å². The maximum absolute atomic E-state index is 12.1. The minimum absolute atomic E-state index is 0.0786. The van der Waals surface area contributed by atoms with Gasteiger partial charge in [0, 0.05) is 5.75 Å². The number of nitrogens with zero attached hydrogens (tertiary/aromatic N) is 2. The summed E-state index contributed by atoms with van der Waals surface area (Å²) in [7, 11) is 0. The van der Waals surface area contributed by atoms with Crippen molar-refractivity contribution in [1.29, 1.82) is 0 Å². The number of alkyl carbamates (subject to hydrolysis) is 1. The Morgan fingerprint density at radius 1 is 1.26 bits per heavy atom. The fourth-order valence-electron chi connectivity index (χ4n) is 2.45. The molecule has 1 aromatic heterocycles. The van der Waals surface area contributed by atoms with Gasteiger partial charge in [0.15, 0.2) is 0 Å². The van der Waals surface area contributed by atoms with E-state index in [9.17, 15) is 4.79 Å². The molecule has 0 aliphatic carbocycles. The highest BCUT2D eigenvalue weighted by molar-refractivity contribution is 7.98. The topological polar surface area (TPSA) is 77.2 Å². The van der Waals surface area contributed by atoms with Gasteiger partial charge in [-0.05, 0) is 51.7 Å². The Balaban J connectivity index is 2.04. The molecular weight excluding hydrogens is 362 g/mol. The Kier molecular flexibility index (Phi) is 6.92. The fourth-order valence-corrected chi connectivity index (χ4v) is 3.28. The molecule has 148 valence electrons. The zero-order chi connectivity index (χ0) is 20.2. The van der Waals surface area contributed by atoms with Gasteiger partial charge in [-0.25, -0.2) is 4.79 Å². The van der Waals surface area contributed by atoms with Crippen LogP contribution in [0.5, 0.6) is 0 Å². The average molecular weight is 392 g/mol. The Morgan fingerprint density at radius 2 is 1.96 bits per heavy atom. The van der Waals surface area contributed by atoms with Gasteiger partial charge in [0.1, 0.15) is 11.6 Å². The molecule has 0 aliphatic rings. The summed E-state index contributed by atoms with van der Waals surface area (Å²) >= 11 is 1.49. The van der Waals surface area contributed by atoms with Crippen LogP contribution < -0.4 is 5.32 Å². The first-order valence-corrected chi connectivity index (χ1v) is 10.1. The predicted molar refractivity (Wildman–Crippen MR) is 107 cm³/mol. The standard InChI is InChI=1S/C20H29N3O3S/c1-12(2)16(21-18(24)26-20(5,6)7)17-22-23-19(25-17)27-11-15-10-13(3)8-9-14(15)4/h8-10,12,16H,11H2,1-7H3,(H,21,24)/t16-/m1/s1. The molecule has 7 heteroatoms. The Bertz CT molecular complexity index is 781. The molecule has 0 saturated heterocycles. The van der Waals surface area contributed by atoms with E-state index in [4.69, 9.17) is 9.15 Å². The van der Waals surface area contributed by atoms with Crippen LogP contribution in [0.15, 0.2) is 27.8 Å². The molecule has 0 fully saturated rings. The summed E-state index contributed by atoms with van der Waals surface area (Å²) in [6, 6.07) is 5.98. The maximum Gasteiger partial charge on any atom is 0.408 e. The molecule has 2 aromatic rings. The van der Waals surface area contributed by atoms with Crippen LogP contribution in [-0.4, -0.2) is 21.9 Å². The maximum atomic E-state index is 12.1. The van der Waals surface area contributed by atoms with Crippen molar-refractivity contribution in [1.82, 2.24) is 15.5 Å². The van der Waals surface area contributed by atoms with E-state index in [-0.39, 0.29) is 5.92 Å². The van der Waals surface area contributed by atoms with Crippen LogP contribution >= 0.6 is 11.8 Å². The van der Waals surface area contributed by atoms with Crippen molar-refractivity contribution in [3.8, 4) is 0 Å². The van der Waals surface area contributed by atoms with Gasteiger partial charge < -0.3 is 14.5 Å². The number of carbonyl (C=O) groups excluding carboxylic acids is 1. The van der Waals surface area contributed by atoms with Gasteiger partial charge in [0.25, 0.3) is 5.22 Å². The summed E-state index contributed by atoms with van der Waals surface area (Å²) in [5.74, 6) is 1.22. The molecule has 0 spiro atoms. The molecule has 0 bridgehead atoms. The number of amides is 1. The fraction of sp³-hybridized carbons (Fsp3) is 0.550. The van der Waals surface area contributed by atoms with E-state index in [1.165, 1.54) is 28.5 Å². The van der Waals surface area contributed by atoms with E-state index >= 15 is 0 Å². The molecule has 6 nitrogen and oxygen atoms in total. The number of hydrogen-bond acceptors (Lipinski definition) is 6. The lowest BCUT2D eigenvalue weighted by atomic mass is 10.1. The molecule has 1 heterocycles. The summed E-state index contributed by atoms with van der Waals surface area (Å²) in [6.07, 6.45) is -0.496. The van der Waals surface area contributed by atoms with Gasteiger partial charge in [0.2, 0.25) is 5.89 Å². The van der Waals surface area contributed by atoms with Crippen molar-refractivity contribution in [3.05, 3.63) is 40.8 Å². The second-order valence-electron chi connectivity index (χ2n) is 7.99. The highest BCUT2D eigenvalue weighted by atomic mass is 32.2. The third-order valence-electron chi connectivity index (χ3n) is 3.88. The lowest BCUT2D eigenvalue weighted by molar-refractivity contribution is 0.0477. The summed E-state index contributed by atoms with van der Waals surface area (Å²) in [4.78, 5) is 12.1. The van der Waals surface area contributed by atoms with Crippen molar-refractivity contribution < 1.29 is 13.9 Å². The largest absolute Gasteiger partial charge is 0.444 e.